The quantitative estimate of drug-likeness (QED) is 0.261. The van der Waals surface area contributed by atoms with Crippen molar-refractivity contribution in [1.29, 1.82) is 0 Å². The van der Waals surface area contributed by atoms with Crippen LogP contribution in [0.3, 0.4) is 0 Å². The van der Waals surface area contributed by atoms with Crippen molar-refractivity contribution in [1.82, 2.24) is 10.6 Å². The summed E-state index contributed by atoms with van der Waals surface area (Å²) in [5.41, 5.74) is 0.857. The van der Waals surface area contributed by atoms with Crippen molar-refractivity contribution in [3.05, 3.63) is 57.4 Å². The number of hydrogen-bond acceptors (Lipinski definition) is 4. The molecule has 0 radical (unpaired) electrons. The van der Waals surface area contributed by atoms with Gasteiger partial charge < -0.3 is 20.2 Å². The number of halogens is 2. The van der Waals surface area contributed by atoms with E-state index >= 15 is 0 Å². The van der Waals surface area contributed by atoms with Gasteiger partial charge in [0.15, 0.2) is 5.96 Å². The Morgan fingerprint density at radius 2 is 2.08 bits per heavy atom. The number of guanidine groups is 1. The first-order valence-corrected chi connectivity index (χ1v) is 9.28. The number of para-hydroxylation sites is 1. The molecule has 0 spiro atoms. The number of nitrogens with one attached hydrogen (secondary N) is 2. The molecule has 1 unspecified atom stereocenters. The van der Waals surface area contributed by atoms with E-state index in [-0.39, 0.29) is 24.0 Å². The van der Waals surface area contributed by atoms with Crippen LogP contribution in [-0.4, -0.2) is 24.2 Å². The molecule has 0 saturated heterocycles. The zero-order chi connectivity index (χ0) is 17.6. The lowest BCUT2D eigenvalue weighted by atomic mass is 10.2. The molecule has 0 aliphatic carbocycles. The highest BCUT2D eigenvalue weighted by atomic mass is 127. The summed E-state index contributed by atoms with van der Waals surface area (Å²) in [5, 5.41) is 17.6. The molecule has 0 amide bonds. The van der Waals surface area contributed by atoms with Gasteiger partial charge in [-0.2, -0.15) is 0 Å². The van der Waals surface area contributed by atoms with Gasteiger partial charge in [0.05, 0.1) is 4.34 Å². The SMILES string of the molecule is CCNC(=NCc1cc2ccccc2o1)NCC(O)c1ccc(Cl)s1.I. The third kappa shape index (κ3) is 5.60. The van der Waals surface area contributed by atoms with Gasteiger partial charge in [-0.15, -0.1) is 35.3 Å². The third-order valence-corrected chi connectivity index (χ3v) is 4.93. The van der Waals surface area contributed by atoms with Crippen LogP contribution >= 0.6 is 46.9 Å². The number of furan rings is 1. The largest absolute Gasteiger partial charge is 0.459 e. The smallest absolute Gasteiger partial charge is 0.191 e. The molecule has 140 valence electrons. The minimum Gasteiger partial charge on any atom is -0.459 e. The molecule has 3 aromatic rings. The van der Waals surface area contributed by atoms with Crippen molar-refractivity contribution in [2.75, 3.05) is 13.1 Å². The predicted octanol–water partition coefficient (Wildman–Crippen LogP) is 4.55. The van der Waals surface area contributed by atoms with E-state index in [0.717, 1.165) is 28.2 Å². The lowest BCUT2D eigenvalue weighted by Crippen LogP contribution is -2.39. The van der Waals surface area contributed by atoms with E-state index < -0.39 is 6.10 Å². The molecule has 5 nitrogen and oxygen atoms in total. The fourth-order valence-electron chi connectivity index (χ4n) is 2.41. The molecule has 2 aromatic heterocycles. The first-order valence-electron chi connectivity index (χ1n) is 8.08. The zero-order valence-electron chi connectivity index (χ0n) is 14.2. The van der Waals surface area contributed by atoms with Crippen LogP contribution in [0.25, 0.3) is 11.0 Å². The first kappa shape index (κ1) is 21.0. The average Bonchev–Trinajstić information content (AvgIpc) is 3.22. The molecule has 1 atom stereocenters. The second kappa shape index (κ2) is 10.1. The maximum absolute atomic E-state index is 10.2. The van der Waals surface area contributed by atoms with Crippen molar-refractivity contribution in [3.8, 4) is 0 Å². The summed E-state index contributed by atoms with van der Waals surface area (Å²) in [6.45, 7) is 3.49. The number of aliphatic imine (C=N–C) groups is 1. The zero-order valence-corrected chi connectivity index (χ0v) is 18.1. The molecule has 26 heavy (non-hydrogen) atoms. The van der Waals surface area contributed by atoms with E-state index in [1.54, 1.807) is 6.07 Å². The average molecular weight is 506 g/mol. The monoisotopic (exact) mass is 505 g/mol. The highest BCUT2D eigenvalue weighted by Crippen LogP contribution is 2.26. The van der Waals surface area contributed by atoms with Gasteiger partial charge in [-0.05, 0) is 31.2 Å². The summed E-state index contributed by atoms with van der Waals surface area (Å²) < 4.78 is 6.44. The lowest BCUT2D eigenvalue weighted by molar-refractivity contribution is 0.184. The van der Waals surface area contributed by atoms with Gasteiger partial charge in [0.2, 0.25) is 0 Å². The Bertz CT molecular complexity index is 832. The number of benzene rings is 1. The van der Waals surface area contributed by atoms with Gasteiger partial charge in [0.1, 0.15) is 24.0 Å². The molecule has 8 heteroatoms. The molecule has 1 aromatic carbocycles. The van der Waals surface area contributed by atoms with Crippen molar-refractivity contribution in [3.63, 3.8) is 0 Å². The Labute approximate surface area is 178 Å². The van der Waals surface area contributed by atoms with Crippen molar-refractivity contribution in [2.45, 2.75) is 19.6 Å². The van der Waals surface area contributed by atoms with E-state index in [2.05, 4.69) is 15.6 Å². The van der Waals surface area contributed by atoms with Gasteiger partial charge >= 0.3 is 0 Å². The number of aliphatic hydroxyl groups is 1. The highest BCUT2D eigenvalue weighted by Gasteiger charge is 2.11. The van der Waals surface area contributed by atoms with E-state index in [4.69, 9.17) is 16.0 Å². The normalized spacial score (nSPS) is 12.7. The number of hydrogen-bond donors (Lipinski definition) is 3. The number of thiophene rings is 1. The molecule has 0 bridgehead atoms. The molecule has 0 aliphatic heterocycles. The molecular formula is C18H21ClIN3O2S. The van der Waals surface area contributed by atoms with Crippen molar-refractivity contribution in [2.24, 2.45) is 4.99 Å². The van der Waals surface area contributed by atoms with Crippen LogP contribution in [0.1, 0.15) is 23.7 Å². The van der Waals surface area contributed by atoms with Crippen LogP contribution in [0.2, 0.25) is 4.34 Å². The van der Waals surface area contributed by atoms with Crippen LogP contribution < -0.4 is 10.6 Å². The minimum atomic E-state index is -0.632. The Hall–Kier alpha value is -1.29. The Morgan fingerprint density at radius 1 is 1.27 bits per heavy atom. The van der Waals surface area contributed by atoms with Crippen molar-refractivity contribution < 1.29 is 9.52 Å². The topological polar surface area (TPSA) is 69.8 Å². The summed E-state index contributed by atoms with van der Waals surface area (Å²) in [4.78, 5) is 5.34. The van der Waals surface area contributed by atoms with E-state index in [0.29, 0.717) is 23.4 Å². The minimum absolute atomic E-state index is 0. The highest BCUT2D eigenvalue weighted by molar-refractivity contribution is 14.0. The second-order valence-electron chi connectivity index (χ2n) is 5.48. The van der Waals surface area contributed by atoms with Crippen LogP contribution in [0.4, 0.5) is 0 Å². The molecule has 3 rings (SSSR count). The fourth-order valence-corrected chi connectivity index (χ4v) is 3.46. The number of fused-ring (bicyclic) bond motifs is 1. The van der Waals surface area contributed by atoms with Gasteiger partial charge in [0.25, 0.3) is 0 Å². The van der Waals surface area contributed by atoms with Gasteiger partial charge in [-0.25, -0.2) is 4.99 Å². The van der Waals surface area contributed by atoms with Crippen molar-refractivity contribution >= 4 is 63.8 Å². The first-order chi connectivity index (χ1) is 12.2. The maximum Gasteiger partial charge on any atom is 0.191 e. The van der Waals surface area contributed by atoms with Gasteiger partial charge in [0, 0.05) is 23.4 Å². The Morgan fingerprint density at radius 3 is 2.77 bits per heavy atom. The lowest BCUT2D eigenvalue weighted by Gasteiger charge is -2.14. The van der Waals surface area contributed by atoms with Crippen LogP contribution in [0, 0.1) is 0 Å². The predicted molar refractivity (Wildman–Crippen MR) is 119 cm³/mol. The molecular weight excluding hydrogens is 485 g/mol. The number of nitrogens with zero attached hydrogens (tertiary/aromatic N) is 1. The van der Waals surface area contributed by atoms with E-state index in [1.165, 1.54) is 11.3 Å². The van der Waals surface area contributed by atoms with E-state index in [9.17, 15) is 5.11 Å². The fraction of sp³-hybridized carbons (Fsp3) is 0.278. The number of rotatable bonds is 6. The molecule has 0 fully saturated rings. The molecule has 2 heterocycles. The van der Waals surface area contributed by atoms with Crippen LogP contribution in [0.15, 0.2) is 51.9 Å². The number of aliphatic hydroxyl groups excluding tert-OH is 1. The third-order valence-electron chi connectivity index (χ3n) is 3.60. The van der Waals surface area contributed by atoms with E-state index in [1.807, 2.05) is 43.3 Å². The Balaban J connectivity index is 0.00000243. The summed E-state index contributed by atoms with van der Waals surface area (Å²) in [6.07, 6.45) is -0.632. The van der Waals surface area contributed by atoms with Crippen LogP contribution in [-0.2, 0) is 6.54 Å². The molecule has 3 N–H and O–H groups in total. The summed E-state index contributed by atoms with van der Waals surface area (Å²) in [6, 6.07) is 13.5. The summed E-state index contributed by atoms with van der Waals surface area (Å²) >= 11 is 7.28. The molecule has 0 aliphatic rings. The van der Waals surface area contributed by atoms with Gasteiger partial charge in [-0.1, -0.05) is 29.8 Å². The molecule has 0 saturated carbocycles. The summed E-state index contributed by atoms with van der Waals surface area (Å²) in [7, 11) is 0. The standard InChI is InChI=1S/C18H20ClN3O2S.HI/c1-2-20-18(22-11-14(23)16-7-8-17(19)25-16)21-10-13-9-12-5-3-4-6-15(12)24-13;/h3-9,14,23H,2,10-11H2,1H3,(H2,20,21,22);1H. The maximum atomic E-state index is 10.2. The van der Waals surface area contributed by atoms with Crippen LogP contribution in [0.5, 0.6) is 0 Å². The Kier molecular flexibility index (Phi) is 8.20. The second-order valence-corrected chi connectivity index (χ2v) is 7.23. The van der Waals surface area contributed by atoms with Gasteiger partial charge in [-0.3, -0.25) is 0 Å². The summed E-state index contributed by atoms with van der Waals surface area (Å²) in [5.74, 6) is 1.42.